The van der Waals surface area contributed by atoms with Gasteiger partial charge in [-0.1, -0.05) is 0 Å². The second kappa shape index (κ2) is 5.95. The fourth-order valence-electron chi connectivity index (χ4n) is 2.56. The van der Waals surface area contributed by atoms with Crippen molar-refractivity contribution in [1.82, 2.24) is 15.3 Å². The fourth-order valence-corrected chi connectivity index (χ4v) is 2.56. The highest BCUT2D eigenvalue weighted by Gasteiger charge is 2.34. The van der Waals surface area contributed by atoms with Crippen molar-refractivity contribution >= 4 is 5.95 Å². The van der Waals surface area contributed by atoms with Gasteiger partial charge in [0.1, 0.15) is 5.69 Å². The summed E-state index contributed by atoms with van der Waals surface area (Å²) in [6, 6.07) is 1.20. The van der Waals surface area contributed by atoms with Crippen LogP contribution in [0.5, 0.6) is 0 Å². The van der Waals surface area contributed by atoms with Crippen LogP contribution in [0.3, 0.4) is 0 Å². The molecule has 1 fully saturated rings. The third-order valence-corrected chi connectivity index (χ3v) is 3.77. The Hall–Kier alpha value is -1.37. The second-order valence-corrected chi connectivity index (χ2v) is 5.07. The van der Waals surface area contributed by atoms with E-state index in [4.69, 9.17) is 0 Å². The molecule has 0 amide bonds. The van der Waals surface area contributed by atoms with Crippen LogP contribution in [-0.2, 0) is 6.18 Å². The summed E-state index contributed by atoms with van der Waals surface area (Å²) < 4.78 is 38.2. The van der Waals surface area contributed by atoms with Gasteiger partial charge < -0.3 is 10.2 Å². The Labute approximate surface area is 116 Å². The average molecular weight is 288 g/mol. The number of hydrogen-bond acceptors (Lipinski definition) is 4. The maximum absolute atomic E-state index is 12.7. The molecule has 20 heavy (non-hydrogen) atoms. The van der Waals surface area contributed by atoms with E-state index in [9.17, 15) is 13.2 Å². The van der Waals surface area contributed by atoms with E-state index >= 15 is 0 Å². The normalized spacial score (nSPS) is 21.9. The Kier molecular flexibility index (Phi) is 4.47. The SMILES string of the molecule is CNC(C)C1CCCCN1c1nccc(C(F)(F)F)n1. The van der Waals surface area contributed by atoms with Crippen molar-refractivity contribution in [1.29, 1.82) is 0 Å². The number of alkyl halides is 3. The van der Waals surface area contributed by atoms with Gasteiger partial charge in [-0.15, -0.1) is 0 Å². The molecule has 1 aliphatic heterocycles. The maximum Gasteiger partial charge on any atom is 0.433 e. The van der Waals surface area contributed by atoms with Crippen LogP contribution >= 0.6 is 0 Å². The summed E-state index contributed by atoms with van der Waals surface area (Å²) in [5.74, 6) is 0.173. The molecule has 4 nitrogen and oxygen atoms in total. The summed E-state index contributed by atoms with van der Waals surface area (Å²) >= 11 is 0. The summed E-state index contributed by atoms with van der Waals surface area (Å²) in [6.45, 7) is 2.72. The van der Waals surface area contributed by atoms with Crippen molar-refractivity contribution in [2.45, 2.75) is 44.4 Å². The van der Waals surface area contributed by atoms with Crippen LogP contribution in [0.4, 0.5) is 19.1 Å². The van der Waals surface area contributed by atoms with E-state index in [1.54, 1.807) is 0 Å². The standard InChI is InChI=1S/C13H19F3N4/c1-9(17-2)10-5-3-4-8-20(10)12-18-7-6-11(19-12)13(14,15)16/h6-7,9-10,17H,3-5,8H2,1-2H3. The molecule has 0 spiro atoms. The molecule has 0 aliphatic carbocycles. The highest BCUT2D eigenvalue weighted by molar-refractivity contribution is 5.34. The largest absolute Gasteiger partial charge is 0.433 e. The predicted molar refractivity (Wildman–Crippen MR) is 70.5 cm³/mol. The van der Waals surface area contributed by atoms with Crippen LogP contribution in [0.1, 0.15) is 31.9 Å². The van der Waals surface area contributed by atoms with E-state index in [0.29, 0.717) is 6.54 Å². The first kappa shape index (κ1) is 15.0. The molecule has 2 heterocycles. The highest BCUT2D eigenvalue weighted by Crippen LogP contribution is 2.30. The number of halogens is 3. The number of hydrogen-bond donors (Lipinski definition) is 1. The van der Waals surface area contributed by atoms with Crippen molar-refractivity contribution in [2.24, 2.45) is 0 Å². The summed E-state index contributed by atoms with van der Waals surface area (Å²) in [4.78, 5) is 9.62. The third-order valence-electron chi connectivity index (χ3n) is 3.77. The number of nitrogens with one attached hydrogen (secondary N) is 1. The molecule has 2 unspecified atom stereocenters. The van der Waals surface area contributed by atoms with Crippen molar-refractivity contribution < 1.29 is 13.2 Å². The molecule has 1 aliphatic rings. The minimum atomic E-state index is -4.43. The van der Waals surface area contributed by atoms with Gasteiger partial charge in [0.25, 0.3) is 0 Å². The lowest BCUT2D eigenvalue weighted by Gasteiger charge is -2.39. The fraction of sp³-hybridized carbons (Fsp3) is 0.692. The molecule has 1 aromatic rings. The minimum Gasteiger partial charge on any atom is -0.336 e. The van der Waals surface area contributed by atoms with Gasteiger partial charge >= 0.3 is 6.18 Å². The van der Waals surface area contributed by atoms with E-state index in [0.717, 1.165) is 25.3 Å². The molecule has 0 bridgehead atoms. The average Bonchev–Trinajstić information content (AvgIpc) is 2.45. The molecule has 0 radical (unpaired) electrons. The summed E-state index contributed by atoms with van der Waals surface area (Å²) in [7, 11) is 1.85. The van der Waals surface area contributed by atoms with Crippen LogP contribution in [0.2, 0.25) is 0 Å². The van der Waals surface area contributed by atoms with E-state index in [2.05, 4.69) is 15.3 Å². The smallest absolute Gasteiger partial charge is 0.336 e. The Morgan fingerprint density at radius 3 is 2.80 bits per heavy atom. The van der Waals surface area contributed by atoms with Gasteiger partial charge in [0, 0.05) is 24.8 Å². The van der Waals surface area contributed by atoms with Gasteiger partial charge in [-0.2, -0.15) is 13.2 Å². The molecule has 1 saturated heterocycles. The van der Waals surface area contributed by atoms with Gasteiger partial charge in [0.2, 0.25) is 5.95 Å². The summed E-state index contributed by atoms with van der Waals surface area (Å²) in [6.07, 6.45) is -0.293. The quantitative estimate of drug-likeness (QED) is 0.927. The van der Waals surface area contributed by atoms with Gasteiger partial charge in [-0.25, -0.2) is 9.97 Å². The molecule has 0 saturated carbocycles. The molecular formula is C13H19F3N4. The van der Waals surface area contributed by atoms with E-state index < -0.39 is 11.9 Å². The van der Waals surface area contributed by atoms with Crippen LogP contribution < -0.4 is 10.2 Å². The second-order valence-electron chi connectivity index (χ2n) is 5.07. The number of nitrogens with zero attached hydrogens (tertiary/aromatic N) is 3. The zero-order valence-electron chi connectivity index (χ0n) is 11.6. The lowest BCUT2D eigenvalue weighted by Crippen LogP contribution is -2.51. The lowest BCUT2D eigenvalue weighted by molar-refractivity contribution is -0.141. The van der Waals surface area contributed by atoms with Gasteiger partial charge in [-0.05, 0) is 39.3 Å². The molecule has 2 rings (SSSR count). The van der Waals surface area contributed by atoms with Crippen molar-refractivity contribution in [3.8, 4) is 0 Å². The molecule has 1 aromatic heterocycles. The number of likely N-dealkylation sites (N-methyl/N-ethyl adjacent to an activating group) is 1. The predicted octanol–water partition coefficient (Wildman–Crippen LogP) is 2.46. The number of aromatic nitrogens is 2. The first-order valence-electron chi connectivity index (χ1n) is 6.77. The monoisotopic (exact) mass is 288 g/mol. The molecule has 112 valence electrons. The zero-order chi connectivity index (χ0) is 14.8. The van der Waals surface area contributed by atoms with Gasteiger partial charge in [0.15, 0.2) is 0 Å². The van der Waals surface area contributed by atoms with Crippen molar-refractivity contribution in [3.05, 3.63) is 18.0 Å². The van der Waals surface area contributed by atoms with Crippen LogP contribution in [-0.4, -0.2) is 35.6 Å². The topological polar surface area (TPSA) is 41.0 Å². The van der Waals surface area contributed by atoms with Crippen LogP contribution in [0, 0.1) is 0 Å². The Morgan fingerprint density at radius 2 is 2.15 bits per heavy atom. The molecule has 7 heteroatoms. The van der Waals surface area contributed by atoms with Crippen LogP contribution in [0.15, 0.2) is 12.3 Å². The molecule has 0 aromatic carbocycles. The molecular weight excluding hydrogens is 269 g/mol. The van der Waals surface area contributed by atoms with Crippen LogP contribution in [0.25, 0.3) is 0 Å². The highest BCUT2D eigenvalue weighted by atomic mass is 19.4. The summed E-state index contributed by atoms with van der Waals surface area (Å²) in [5.41, 5.74) is -0.885. The van der Waals surface area contributed by atoms with Crippen molar-refractivity contribution in [3.63, 3.8) is 0 Å². The van der Waals surface area contributed by atoms with Gasteiger partial charge in [-0.3, -0.25) is 0 Å². The molecule has 2 atom stereocenters. The van der Waals surface area contributed by atoms with E-state index in [-0.39, 0.29) is 18.0 Å². The Morgan fingerprint density at radius 1 is 1.40 bits per heavy atom. The van der Waals surface area contributed by atoms with E-state index in [1.807, 2.05) is 18.9 Å². The van der Waals surface area contributed by atoms with E-state index in [1.165, 1.54) is 6.20 Å². The third kappa shape index (κ3) is 3.20. The van der Waals surface area contributed by atoms with Crippen molar-refractivity contribution in [2.75, 3.05) is 18.5 Å². The van der Waals surface area contributed by atoms with Gasteiger partial charge in [0.05, 0.1) is 0 Å². The number of anilines is 1. The first-order chi connectivity index (χ1) is 9.43. The minimum absolute atomic E-state index is 0.122. The zero-order valence-corrected chi connectivity index (χ0v) is 11.6. The number of piperidine rings is 1. The number of rotatable bonds is 3. The first-order valence-corrected chi connectivity index (χ1v) is 6.77. The molecule has 1 N–H and O–H groups in total. The summed E-state index contributed by atoms with van der Waals surface area (Å²) in [5, 5.41) is 3.16. The Bertz CT molecular complexity index is 449. The lowest BCUT2D eigenvalue weighted by atomic mass is 9.97. The Balaban J connectivity index is 2.28. The maximum atomic E-state index is 12.7.